The first-order valence-corrected chi connectivity index (χ1v) is 10.2. The lowest BCUT2D eigenvalue weighted by atomic mass is 10.3. The second kappa shape index (κ2) is 9.95. The number of amides is 1. The highest BCUT2D eigenvalue weighted by atomic mass is 35.5. The number of rotatable bonds is 9. The van der Waals surface area contributed by atoms with Gasteiger partial charge in [0.15, 0.2) is 5.76 Å². The molecule has 0 saturated carbocycles. The Morgan fingerprint density at radius 1 is 1.09 bits per heavy atom. The first kappa shape index (κ1) is 24.1. The molecule has 0 bridgehead atoms. The van der Waals surface area contributed by atoms with Gasteiger partial charge in [-0.3, -0.25) is 14.2 Å². The first-order valence-electron chi connectivity index (χ1n) is 9.49. The number of carbonyl (C=O) groups excluding carboxylic acids is 1. The molecule has 13 heteroatoms. The highest BCUT2D eigenvalue weighted by Crippen LogP contribution is 2.35. The molecule has 32 heavy (non-hydrogen) atoms. The Bertz CT molecular complexity index is 1110. The van der Waals surface area contributed by atoms with Crippen molar-refractivity contribution >= 4 is 29.1 Å². The van der Waals surface area contributed by atoms with Crippen LogP contribution in [-0.4, -0.2) is 32.0 Å². The van der Waals surface area contributed by atoms with Gasteiger partial charge in [0.1, 0.15) is 17.1 Å². The molecule has 0 aliphatic carbocycles. The number of carbonyl (C=O) groups is 1. The number of halogens is 6. The molecule has 1 N–H and O–H groups in total. The van der Waals surface area contributed by atoms with E-state index in [4.69, 9.17) is 27.6 Å². The molecule has 0 aliphatic heterocycles. The molecule has 0 aromatic carbocycles. The number of hydrogen-bond acceptors (Lipinski definition) is 4. The molecular weight excluding hydrogens is 477 g/mol. The number of aromatic nitrogens is 4. The quantitative estimate of drug-likeness (QED) is 0.321. The van der Waals surface area contributed by atoms with E-state index in [2.05, 4.69) is 15.5 Å². The number of nitrogens with zero attached hydrogens (tertiary/aromatic N) is 4. The van der Waals surface area contributed by atoms with Gasteiger partial charge in [0, 0.05) is 13.1 Å². The fourth-order valence-corrected chi connectivity index (χ4v) is 3.52. The summed E-state index contributed by atoms with van der Waals surface area (Å²) in [4.78, 5) is 12.3. The smallest absolute Gasteiger partial charge is 0.286 e. The lowest BCUT2D eigenvalue weighted by molar-refractivity contribution is 0.0922. The fourth-order valence-electron chi connectivity index (χ4n) is 3.08. The van der Waals surface area contributed by atoms with E-state index in [1.54, 1.807) is 11.6 Å². The van der Waals surface area contributed by atoms with E-state index in [-0.39, 0.29) is 11.5 Å². The third-order valence-corrected chi connectivity index (χ3v) is 5.62. The number of nitrogens with one attached hydrogen (secondary N) is 1. The Morgan fingerprint density at radius 3 is 2.41 bits per heavy atom. The Morgan fingerprint density at radius 2 is 1.81 bits per heavy atom. The summed E-state index contributed by atoms with van der Waals surface area (Å²) >= 11 is 11.7. The molecule has 3 rings (SSSR count). The maximum Gasteiger partial charge on any atom is 0.286 e. The summed E-state index contributed by atoms with van der Waals surface area (Å²) in [6, 6.07) is 2.73. The van der Waals surface area contributed by atoms with Crippen molar-refractivity contribution in [1.82, 2.24) is 24.9 Å². The number of hydrogen-bond donors (Lipinski definition) is 1. The van der Waals surface area contributed by atoms with Gasteiger partial charge < -0.3 is 9.73 Å². The van der Waals surface area contributed by atoms with Crippen LogP contribution in [0.3, 0.4) is 0 Å². The Labute approximate surface area is 190 Å². The summed E-state index contributed by atoms with van der Waals surface area (Å²) in [6.45, 7) is 4.14. The minimum absolute atomic E-state index is 0.0555. The molecule has 174 valence electrons. The van der Waals surface area contributed by atoms with Gasteiger partial charge in [-0.1, -0.05) is 23.2 Å². The molecule has 3 aromatic heterocycles. The van der Waals surface area contributed by atoms with Crippen molar-refractivity contribution in [2.75, 3.05) is 6.54 Å². The van der Waals surface area contributed by atoms with E-state index < -0.39 is 41.7 Å². The van der Waals surface area contributed by atoms with Crippen molar-refractivity contribution in [2.24, 2.45) is 0 Å². The van der Waals surface area contributed by atoms with Gasteiger partial charge in [-0.2, -0.15) is 10.2 Å². The summed E-state index contributed by atoms with van der Waals surface area (Å²) in [7, 11) is 0. The Hall–Kier alpha value is -2.53. The zero-order valence-electron chi connectivity index (χ0n) is 17.0. The summed E-state index contributed by atoms with van der Waals surface area (Å²) in [5.41, 5.74) is -0.211. The van der Waals surface area contributed by atoms with E-state index >= 15 is 0 Å². The van der Waals surface area contributed by atoms with Crippen molar-refractivity contribution in [3.8, 4) is 0 Å². The lowest BCUT2D eigenvalue weighted by Crippen LogP contribution is -2.25. The Balaban J connectivity index is 1.59. The van der Waals surface area contributed by atoms with E-state index in [0.717, 1.165) is 11.4 Å². The van der Waals surface area contributed by atoms with Crippen molar-refractivity contribution in [3.05, 3.63) is 56.5 Å². The maximum atomic E-state index is 13.2. The molecule has 0 atom stereocenters. The molecule has 0 aliphatic rings. The van der Waals surface area contributed by atoms with Crippen molar-refractivity contribution < 1.29 is 26.8 Å². The van der Waals surface area contributed by atoms with Gasteiger partial charge in [-0.25, -0.2) is 17.6 Å². The minimum atomic E-state index is -3.11. The van der Waals surface area contributed by atoms with Gasteiger partial charge in [0.05, 0.1) is 28.0 Å². The van der Waals surface area contributed by atoms with Gasteiger partial charge in [0.2, 0.25) is 0 Å². The summed E-state index contributed by atoms with van der Waals surface area (Å²) in [6.07, 6.45) is -5.64. The standard InChI is InChI=1S/C19H19Cl2F4N5O2/c1-9-13(20)10(2)29(27-9)7-3-6-26-19(31)12-5-4-11(32-12)8-30-16(18(24)25)14(21)15(28-30)17(22)23/h4-5,17-18H,3,6-8H2,1-2H3,(H,26,31). The highest BCUT2D eigenvalue weighted by Gasteiger charge is 2.28. The number of alkyl halides is 4. The van der Waals surface area contributed by atoms with Crippen LogP contribution in [0, 0.1) is 13.8 Å². The van der Waals surface area contributed by atoms with Gasteiger partial charge in [-0.15, -0.1) is 0 Å². The van der Waals surface area contributed by atoms with Crippen LogP contribution >= 0.6 is 23.2 Å². The fraction of sp³-hybridized carbons (Fsp3) is 0.421. The second-order valence-electron chi connectivity index (χ2n) is 6.93. The van der Waals surface area contributed by atoms with Crippen LogP contribution in [0.2, 0.25) is 10.0 Å². The van der Waals surface area contributed by atoms with Crippen LogP contribution in [0.5, 0.6) is 0 Å². The third kappa shape index (κ3) is 5.09. The van der Waals surface area contributed by atoms with Crippen LogP contribution in [0.15, 0.2) is 16.5 Å². The van der Waals surface area contributed by atoms with Crippen molar-refractivity contribution in [2.45, 2.75) is 46.2 Å². The van der Waals surface area contributed by atoms with Crippen molar-refractivity contribution in [3.63, 3.8) is 0 Å². The van der Waals surface area contributed by atoms with E-state index in [0.29, 0.717) is 29.2 Å². The summed E-state index contributed by atoms with van der Waals surface area (Å²) in [5.74, 6) is -0.488. The maximum absolute atomic E-state index is 13.2. The zero-order chi connectivity index (χ0) is 23.6. The lowest BCUT2D eigenvalue weighted by Gasteiger charge is -2.06. The van der Waals surface area contributed by atoms with Gasteiger partial charge in [-0.05, 0) is 32.4 Å². The molecule has 0 saturated heterocycles. The molecule has 7 nitrogen and oxygen atoms in total. The molecule has 0 fully saturated rings. The molecule has 3 heterocycles. The normalized spacial score (nSPS) is 11.7. The van der Waals surface area contributed by atoms with E-state index in [1.165, 1.54) is 12.1 Å². The number of furan rings is 1. The predicted octanol–water partition coefficient (Wildman–Crippen LogP) is 5.34. The van der Waals surface area contributed by atoms with Crippen LogP contribution in [0.4, 0.5) is 17.6 Å². The summed E-state index contributed by atoms with van der Waals surface area (Å²) < 4.78 is 60.1. The van der Waals surface area contributed by atoms with Gasteiger partial charge in [0.25, 0.3) is 18.8 Å². The second-order valence-corrected chi connectivity index (χ2v) is 7.68. The van der Waals surface area contributed by atoms with Crippen LogP contribution in [0.1, 0.15) is 58.4 Å². The highest BCUT2D eigenvalue weighted by molar-refractivity contribution is 6.32. The average molecular weight is 496 g/mol. The molecule has 0 spiro atoms. The van der Waals surface area contributed by atoms with Crippen molar-refractivity contribution in [1.29, 1.82) is 0 Å². The van der Waals surface area contributed by atoms with Gasteiger partial charge >= 0.3 is 0 Å². The van der Waals surface area contributed by atoms with E-state index in [1.807, 2.05) is 6.92 Å². The molecule has 0 unspecified atom stereocenters. The van der Waals surface area contributed by atoms with E-state index in [9.17, 15) is 22.4 Å². The third-order valence-electron chi connectivity index (χ3n) is 4.69. The van der Waals surface area contributed by atoms with Crippen LogP contribution < -0.4 is 5.32 Å². The molecule has 1 amide bonds. The number of aryl methyl sites for hydroxylation is 2. The average Bonchev–Trinajstić information content (AvgIpc) is 3.39. The Kier molecular flexibility index (Phi) is 7.50. The predicted molar refractivity (Wildman–Crippen MR) is 109 cm³/mol. The topological polar surface area (TPSA) is 77.9 Å². The molecule has 0 radical (unpaired) electrons. The molecular formula is C19H19Cl2F4N5O2. The largest absolute Gasteiger partial charge is 0.454 e. The zero-order valence-corrected chi connectivity index (χ0v) is 18.5. The summed E-state index contributed by atoms with van der Waals surface area (Å²) in [5, 5.41) is 10.3. The monoisotopic (exact) mass is 495 g/mol. The first-order chi connectivity index (χ1) is 15.1. The molecule has 3 aromatic rings. The van der Waals surface area contributed by atoms with Crippen LogP contribution in [0.25, 0.3) is 0 Å². The van der Waals surface area contributed by atoms with Crippen LogP contribution in [-0.2, 0) is 13.1 Å². The SMILES string of the molecule is Cc1nn(CCCNC(=O)c2ccc(Cn3nc(C(F)F)c(Cl)c3C(F)F)o2)c(C)c1Cl. The minimum Gasteiger partial charge on any atom is -0.454 e.